The third-order valence-electron chi connectivity index (χ3n) is 8.37. The van der Waals surface area contributed by atoms with E-state index >= 15 is 0 Å². The maximum Gasteiger partial charge on any atom is 0.180 e. The number of nitrogens with zero attached hydrogens (tertiary/aromatic N) is 6. The second kappa shape index (κ2) is 8.48. The molecule has 0 unspecified atom stereocenters. The summed E-state index contributed by atoms with van der Waals surface area (Å²) in [6.45, 7) is 7.07. The molecule has 7 nitrogen and oxygen atoms in total. The highest BCUT2D eigenvalue weighted by atomic mass is 19.1. The second-order valence-electron chi connectivity index (χ2n) is 10.8. The molecule has 4 aromatic rings. The Bertz CT molecular complexity index is 1480. The van der Waals surface area contributed by atoms with Gasteiger partial charge in [0, 0.05) is 25.5 Å². The molecule has 0 aliphatic heterocycles. The summed E-state index contributed by atoms with van der Waals surface area (Å²) in [5.74, 6) is -0.539. The van der Waals surface area contributed by atoms with Crippen molar-refractivity contribution < 1.29 is 13.9 Å². The van der Waals surface area contributed by atoms with Crippen molar-refractivity contribution in [3.63, 3.8) is 0 Å². The van der Waals surface area contributed by atoms with Crippen molar-refractivity contribution >= 4 is 0 Å². The minimum Gasteiger partial charge on any atom is -0.396 e. The fourth-order valence-electron chi connectivity index (χ4n) is 6.44. The Morgan fingerprint density at radius 3 is 2.65 bits per heavy atom. The van der Waals surface area contributed by atoms with Gasteiger partial charge in [0.2, 0.25) is 0 Å². The first-order chi connectivity index (χ1) is 17.8. The van der Waals surface area contributed by atoms with Gasteiger partial charge in [-0.05, 0) is 66.0 Å². The predicted molar refractivity (Wildman–Crippen MR) is 133 cm³/mol. The smallest absolute Gasteiger partial charge is 0.180 e. The standard InChI is InChI=1S/C28H28F2N6O/c1-16(15-37)14-36-12-9-21(35-36)26-31-11-8-23(32-26)28-10-7-18(27(28,2)3)17-13-22(33-34-25(17)28)24-19(29)5-4-6-20(24)30/h4-6,8-9,11-13,16,18,37H,7,10,14-15H2,1-3H3/t16-,18-,28-/m0/s1. The molecular weight excluding hydrogens is 474 g/mol. The van der Waals surface area contributed by atoms with Crippen LogP contribution in [0, 0.1) is 23.0 Å². The van der Waals surface area contributed by atoms with Crippen LogP contribution in [0.3, 0.4) is 0 Å². The van der Waals surface area contributed by atoms with Crippen LogP contribution in [-0.4, -0.2) is 41.7 Å². The molecule has 3 heterocycles. The maximum atomic E-state index is 14.5. The van der Waals surface area contributed by atoms with Gasteiger partial charge in [-0.3, -0.25) is 4.68 Å². The zero-order chi connectivity index (χ0) is 25.9. The number of aromatic nitrogens is 6. The molecule has 9 heteroatoms. The Morgan fingerprint density at radius 2 is 1.89 bits per heavy atom. The zero-order valence-electron chi connectivity index (χ0n) is 21.0. The summed E-state index contributed by atoms with van der Waals surface area (Å²) >= 11 is 0. The summed E-state index contributed by atoms with van der Waals surface area (Å²) in [7, 11) is 0. The quantitative estimate of drug-likeness (QED) is 0.403. The third kappa shape index (κ3) is 3.43. The van der Waals surface area contributed by atoms with Crippen molar-refractivity contribution in [3.05, 3.63) is 77.4 Å². The van der Waals surface area contributed by atoms with Crippen LogP contribution in [0.1, 0.15) is 56.5 Å². The Hall–Kier alpha value is -3.59. The van der Waals surface area contributed by atoms with E-state index in [0.29, 0.717) is 18.1 Å². The average Bonchev–Trinajstić information content (AvgIpc) is 3.51. The maximum absolute atomic E-state index is 14.5. The molecule has 190 valence electrons. The molecular formula is C28H28F2N6O. The van der Waals surface area contributed by atoms with Crippen LogP contribution in [0.2, 0.25) is 0 Å². The lowest BCUT2D eigenvalue weighted by molar-refractivity contribution is 0.219. The zero-order valence-corrected chi connectivity index (χ0v) is 21.0. The number of halogens is 2. The molecule has 0 radical (unpaired) electrons. The van der Waals surface area contributed by atoms with Gasteiger partial charge in [0.1, 0.15) is 17.3 Å². The summed E-state index contributed by atoms with van der Waals surface area (Å²) in [5.41, 5.74) is 2.62. The highest BCUT2D eigenvalue weighted by Gasteiger charge is 2.65. The van der Waals surface area contributed by atoms with Gasteiger partial charge in [-0.2, -0.15) is 10.2 Å². The van der Waals surface area contributed by atoms with Crippen molar-refractivity contribution in [1.29, 1.82) is 0 Å². The minimum absolute atomic E-state index is 0.0889. The van der Waals surface area contributed by atoms with Crippen LogP contribution in [-0.2, 0) is 12.0 Å². The first-order valence-electron chi connectivity index (χ1n) is 12.6. The Kier molecular flexibility index (Phi) is 5.45. The van der Waals surface area contributed by atoms with Gasteiger partial charge in [0.05, 0.1) is 28.1 Å². The predicted octanol–water partition coefficient (Wildman–Crippen LogP) is 4.91. The molecule has 6 rings (SSSR count). The summed E-state index contributed by atoms with van der Waals surface area (Å²) in [5, 5.41) is 22.9. The monoisotopic (exact) mass is 502 g/mol. The van der Waals surface area contributed by atoms with Crippen molar-refractivity contribution in [2.45, 2.75) is 51.5 Å². The van der Waals surface area contributed by atoms with E-state index in [1.165, 1.54) is 18.2 Å². The van der Waals surface area contributed by atoms with Gasteiger partial charge in [0.25, 0.3) is 0 Å². The normalized spacial score (nSPS) is 22.3. The van der Waals surface area contributed by atoms with Crippen molar-refractivity contribution in [2.75, 3.05) is 6.61 Å². The highest BCUT2D eigenvalue weighted by molar-refractivity contribution is 5.64. The Morgan fingerprint density at radius 1 is 1.11 bits per heavy atom. The lowest BCUT2D eigenvalue weighted by Gasteiger charge is -2.37. The molecule has 2 bridgehead atoms. The van der Waals surface area contributed by atoms with E-state index in [-0.39, 0.29) is 35.1 Å². The van der Waals surface area contributed by atoms with Crippen molar-refractivity contribution in [2.24, 2.45) is 11.3 Å². The van der Waals surface area contributed by atoms with E-state index in [1.54, 1.807) is 10.9 Å². The van der Waals surface area contributed by atoms with E-state index in [1.807, 2.05) is 31.3 Å². The first-order valence-corrected chi connectivity index (χ1v) is 12.6. The number of hydrogen-bond acceptors (Lipinski definition) is 6. The fourth-order valence-corrected chi connectivity index (χ4v) is 6.44. The number of fused-ring (bicyclic) bond motifs is 5. The Balaban J connectivity index is 1.43. The molecule has 3 atom stereocenters. The van der Waals surface area contributed by atoms with Gasteiger partial charge in [-0.1, -0.05) is 26.8 Å². The minimum atomic E-state index is -0.653. The summed E-state index contributed by atoms with van der Waals surface area (Å²) < 4.78 is 30.8. The molecule has 0 amide bonds. The molecule has 1 fully saturated rings. The largest absolute Gasteiger partial charge is 0.396 e. The summed E-state index contributed by atoms with van der Waals surface area (Å²) in [6, 6.07) is 9.43. The third-order valence-corrected chi connectivity index (χ3v) is 8.37. The lowest BCUT2D eigenvalue weighted by Crippen LogP contribution is -2.38. The van der Waals surface area contributed by atoms with Crippen molar-refractivity contribution in [1.82, 2.24) is 29.9 Å². The van der Waals surface area contributed by atoms with Crippen LogP contribution < -0.4 is 0 Å². The molecule has 1 aromatic carbocycles. The van der Waals surface area contributed by atoms with Crippen LogP contribution in [0.4, 0.5) is 8.78 Å². The molecule has 0 saturated heterocycles. The van der Waals surface area contributed by atoms with Gasteiger partial charge in [0.15, 0.2) is 5.82 Å². The molecule has 1 N–H and O–H groups in total. The number of aliphatic hydroxyl groups is 1. The molecule has 2 aliphatic rings. The van der Waals surface area contributed by atoms with Crippen LogP contribution in [0.25, 0.3) is 22.8 Å². The van der Waals surface area contributed by atoms with Gasteiger partial charge < -0.3 is 5.11 Å². The van der Waals surface area contributed by atoms with E-state index in [9.17, 15) is 13.9 Å². The van der Waals surface area contributed by atoms with Gasteiger partial charge in [-0.15, -0.1) is 5.10 Å². The first kappa shape index (κ1) is 23.8. The molecule has 3 aromatic heterocycles. The van der Waals surface area contributed by atoms with E-state index in [0.717, 1.165) is 29.8 Å². The summed E-state index contributed by atoms with van der Waals surface area (Å²) in [4.78, 5) is 9.48. The van der Waals surface area contributed by atoms with E-state index in [2.05, 4.69) is 34.1 Å². The number of hydrogen-bond donors (Lipinski definition) is 1. The highest BCUT2D eigenvalue weighted by Crippen LogP contribution is 2.69. The lowest BCUT2D eigenvalue weighted by atomic mass is 9.66. The van der Waals surface area contributed by atoms with E-state index in [4.69, 9.17) is 4.98 Å². The van der Waals surface area contributed by atoms with Gasteiger partial charge >= 0.3 is 0 Å². The van der Waals surface area contributed by atoms with Crippen LogP contribution in [0.15, 0.2) is 48.8 Å². The van der Waals surface area contributed by atoms with Crippen LogP contribution >= 0.6 is 0 Å². The molecule has 1 saturated carbocycles. The average molecular weight is 503 g/mol. The second-order valence-corrected chi connectivity index (χ2v) is 10.8. The summed E-state index contributed by atoms with van der Waals surface area (Å²) in [6.07, 6.45) is 5.38. The Labute approximate surface area is 213 Å². The fraction of sp³-hybridized carbons (Fsp3) is 0.393. The van der Waals surface area contributed by atoms with Crippen molar-refractivity contribution in [3.8, 4) is 22.8 Å². The molecule has 37 heavy (non-hydrogen) atoms. The SMILES string of the molecule is C[C@H](CO)Cn1ccc(-c2nccc([C@@]34CC[C@@H](c5cc(-c6c(F)cccc6F)nnc53)C4(C)C)n2)n1. The topological polar surface area (TPSA) is 89.6 Å². The van der Waals surface area contributed by atoms with Gasteiger partial charge in [-0.25, -0.2) is 18.7 Å². The number of rotatable bonds is 6. The number of aliphatic hydroxyl groups excluding tert-OH is 1. The molecule has 2 aliphatic carbocycles. The molecule has 0 spiro atoms. The van der Waals surface area contributed by atoms with E-state index < -0.39 is 17.0 Å². The number of benzene rings is 1. The van der Waals surface area contributed by atoms with Crippen LogP contribution in [0.5, 0.6) is 0 Å².